The Kier molecular flexibility index (Phi) is 5.84. The summed E-state index contributed by atoms with van der Waals surface area (Å²) in [6, 6.07) is 5.30. The van der Waals surface area contributed by atoms with Crippen LogP contribution in [-0.4, -0.2) is 29.6 Å². The van der Waals surface area contributed by atoms with Gasteiger partial charge in [-0.15, -0.1) is 0 Å². The third-order valence-corrected chi connectivity index (χ3v) is 2.86. The molecule has 0 spiro atoms. The lowest BCUT2D eigenvalue weighted by atomic mass is 9.87. The summed E-state index contributed by atoms with van der Waals surface area (Å²) in [5, 5.41) is 14.2. The Balaban J connectivity index is 2.50. The lowest BCUT2D eigenvalue weighted by Gasteiger charge is -2.26. The molecule has 0 aliphatic heterocycles. The van der Waals surface area contributed by atoms with Crippen LogP contribution >= 0.6 is 0 Å². The van der Waals surface area contributed by atoms with Gasteiger partial charge >= 0.3 is 11.8 Å². The molecular formula is C15H21FN2O3. The van der Waals surface area contributed by atoms with E-state index in [1.165, 1.54) is 18.2 Å². The van der Waals surface area contributed by atoms with Gasteiger partial charge in [0.1, 0.15) is 5.82 Å². The van der Waals surface area contributed by atoms with E-state index in [1.54, 1.807) is 6.92 Å². The van der Waals surface area contributed by atoms with Crippen LogP contribution in [0.1, 0.15) is 27.2 Å². The molecule has 1 aromatic carbocycles. The van der Waals surface area contributed by atoms with Crippen LogP contribution in [0.25, 0.3) is 0 Å². The van der Waals surface area contributed by atoms with E-state index in [4.69, 9.17) is 0 Å². The van der Waals surface area contributed by atoms with Crippen molar-refractivity contribution in [1.82, 2.24) is 5.32 Å². The summed E-state index contributed by atoms with van der Waals surface area (Å²) < 4.78 is 13.0. The van der Waals surface area contributed by atoms with Crippen LogP contribution in [0, 0.1) is 11.2 Å². The number of amides is 2. The highest BCUT2D eigenvalue weighted by Gasteiger charge is 2.23. The lowest BCUT2D eigenvalue weighted by Crippen LogP contribution is -2.41. The fourth-order valence-corrected chi connectivity index (χ4v) is 2.03. The van der Waals surface area contributed by atoms with Crippen LogP contribution in [0.4, 0.5) is 10.1 Å². The van der Waals surface area contributed by atoms with E-state index >= 15 is 0 Å². The number of aliphatic hydroxyl groups excluding tert-OH is 1. The standard InChI is InChI=1S/C15H21FN2O3/c1-10(19)8-15(2,3)9-17-13(20)14(21)18-12-6-4-5-11(16)7-12/h4-7,10,19H,8-9H2,1-3H3,(H,17,20)(H,18,21). The molecule has 6 heteroatoms. The quantitative estimate of drug-likeness (QED) is 0.723. The fraction of sp³-hybridized carbons (Fsp3) is 0.467. The Morgan fingerprint density at radius 1 is 1.33 bits per heavy atom. The minimum atomic E-state index is -0.853. The number of rotatable bonds is 5. The largest absolute Gasteiger partial charge is 0.393 e. The number of benzene rings is 1. The second-order valence-corrected chi connectivity index (χ2v) is 5.86. The zero-order chi connectivity index (χ0) is 16.0. The maximum absolute atomic E-state index is 13.0. The molecule has 2 amide bonds. The van der Waals surface area contributed by atoms with E-state index in [0.717, 1.165) is 6.07 Å². The number of carbonyl (C=O) groups is 2. The number of nitrogens with one attached hydrogen (secondary N) is 2. The van der Waals surface area contributed by atoms with E-state index in [2.05, 4.69) is 10.6 Å². The van der Waals surface area contributed by atoms with Crippen LogP contribution in [0.2, 0.25) is 0 Å². The molecule has 0 bridgehead atoms. The highest BCUT2D eigenvalue weighted by atomic mass is 19.1. The van der Waals surface area contributed by atoms with Crippen molar-refractivity contribution in [2.45, 2.75) is 33.3 Å². The molecule has 0 aliphatic rings. The summed E-state index contributed by atoms with van der Waals surface area (Å²) in [4.78, 5) is 23.4. The first-order chi connectivity index (χ1) is 9.69. The van der Waals surface area contributed by atoms with Crippen LogP contribution < -0.4 is 10.6 Å². The Hall–Kier alpha value is -1.95. The third kappa shape index (κ3) is 6.35. The molecule has 0 heterocycles. The number of hydrogen-bond acceptors (Lipinski definition) is 3. The number of aliphatic hydroxyl groups is 1. The predicted molar refractivity (Wildman–Crippen MR) is 78.1 cm³/mol. The van der Waals surface area contributed by atoms with Crippen molar-refractivity contribution in [2.24, 2.45) is 5.41 Å². The smallest absolute Gasteiger partial charge is 0.313 e. The number of halogens is 1. The highest BCUT2D eigenvalue weighted by Crippen LogP contribution is 2.21. The summed E-state index contributed by atoms with van der Waals surface area (Å²) in [6.45, 7) is 5.68. The summed E-state index contributed by atoms with van der Waals surface area (Å²) in [7, 11) is 0. The topological polar surface area (TPSA) is 78.4 Å². The summed E-state index contributed by atoms with van der Waals surface area (Å²) in [5.74, 6) is -2.14. The van der Waals surface area contributed by atoms with Crippen molar-refractivity contribution in [3.05, 3.63) is 30.1 Å². The van der Waals surface area contributed by atoms with Gasteiger partial charge in [0.25, 0.3) is 0 Å². The Morgan fingerprint density at radius 3 is 2.57 bits per heavy atom. The number of carbonyl (C=O) groups excluding carboxylic acids is 2. The molecule has 3 N–H and O–H groups in total. The SMILES string of the molecule is CC(O)CC(C)(C)CNC(=O)C(=O)Nc1cccc(F)c1. The van der Waals surface area contributed by atoms with Crippen molar-refractivity contribution in [3.63, 3.8) is 0 Å². The third-order valence-electron chi connectivity index (χ3n) is 2.86. The Morgan fingerprint density at radius 2 is 2.00 bits per heavy atom. The molecule has 0 fully saturated rings. The van der Waals surface area contributed by atoms with Gasteiger partial charge in [-0.25, -0.2) is 4.39 Å². The summed E-state index contributed by atoms with van der Waals surface area (Å²) >= 11 is 0. The van der Waals surface area contributed by atoms with Gasteiger partial charge in [-0.1, -0.05) is 19.9 Å². The Bertz CT molecular complexity index is 515. The van der Waals surface area contributed by atoms with Gasteiger partial charge in [0, 0.05) is 12.2 Å². The molecule has 0 radical (unpaired) electrons. The van der Waals surface area contributed by atoms with E-state index < -0.39 is 23.7 Å². The Labute approximate surface area is 123 Å². The molecule has 1 aromatic rings. The van der Waals surface area contributed by atoms with Crippen molar-refractivity contribution in [1.29, 1.82) is 0 Å². The van der Waals surface area contributed by atoms with Crippen molar-refractivity contribution < 1.29 is 19.1 Å². The van der Waals surface area contributed by atoms with E-state index in [0.29, 0.717) is 6.42 Å². The first kappa shape index (κ1) is 17.1. The molecule has 0 saturated carbocycles. The maximum atomic E-state index is 13.0. The summed E-state index contributed by atoms with van der Waals surface area (Å²) in [6.07, 6.45) is 0.0109. The van der Waals surface area contributed by atoms with Crippen LogP contribution in [0.5, 0.6) is 0 Å². The van der Waals surface area contributed by atoms with Crippen LogP contribution in [0.3, 0.4) is 0 Å². The molecule has 116 valence electrons. The van der Waals surface area contributed by atoms with E-state index in [9.17, 15) is 19.1 Å². The minimum Gasteiger partial charge on any atom is -0.393 e. The first-order valence-electron chi connectivity index (χ1n) is 6.72. The van der Waals surface area contributed by atoms with Crippen LogP contribution in [0.15, 0.2) is 24.3 Å². The molecule has 1 rings (SSSR count). The zero-order valence-electron chi connectivity index (χ0n) is 12.4. The molecule has 1 unspecified atom stereocenters. The normalized spacial score (nSPS) is 12.6. The molecule has 0 aromatic heterocycles. The summed E-state index contributed by atoms with van der Waals surface area (Å²) in [5.41, 5.74) is -0.110. The van der Waals surface area contributed by atoms with Crippen molar-refractivity contribution >= 4 is 17.5 Å². The molecule has 1 atom stereocenters. The van der Waals surface area contributed by atoms with Gasteiger partial charge < -0.3 is 15.7 Å². The molecular weight excluding hydrogens is 275 g/mol. The lowest BCUT2D eigenvalue weighted by molar-refractivity contribution is -0.136. The predicted octanol–water partition coefficient (Wildman–Crippen LogP) is 1.68. The van der Waals surface area contributed by atoms with Gasteiger partial charge in [0.05, 0.1) is 6.10 Å². The maximum Gasteiger partial charge on any atom is 0.313 e. The van der Waals surface area contributed by atoms with Gasteiger partial charge in [-0.3, -0.25) is 9.59 Å². The number of hydrogen-bond donors (Lipinski definition) is 3. The fourth-order valence-electron chi connectivity index (χ4n) is 2.03. The molecule has 5 nitrogen and oxygen atoms in total. The average Bonchev–Trinajstić information content (AvgIpc) is 2.34. The second kappa shape index (κ2) is 7.17. The first-order valence-corrected chi connectivity index (χ1v) is 6.72. The molecule has 0 saturated heterocycles. The van der Waals surface area contributed by atoms with E-state index in [-0.39, 0.29) is 17.6 Å². The average molecular weight is 296 g/mol. The van der Waals surface area contributed by atoms with Crippen molar-refractivity contribution in [3.8, 4) is 0 Å². The van der Waals surface area contributed by atoms with Gasteiger partial charge in [0.15, 0.2) is 0 Å². The number of anilines is 1. The van der Waals surface area contributed by atoms with Crippen molar-refractivity contribution in [2.75, 3.05) is 11.9 Å². The zero-order valence-corrected chi connectivity index (χ0v) is 12.4. The molecule has 21 heavy (non-hydrogen) atoms. The minimum absolute atomic E-state index is 0.221. The van der Waals surface area contributed by atoms with Gasteiger partial charge in [-0.2, -0.15) is 0 Å². The monoisotopic (exact) mass is 296 g/mol. The van der Waals surface area contributed by atoms with Gasteiger partial charge in [-0.05, 0) is 37.0 Å². The molecule has 0 aliphatic carbocycles. The highest BCUT2D eigenvalue weighted by molar-refractivity contribution is 6.39. The second-order valence-electron chi connectivity index (χ2n) is 5.86. The van der Waals surface area contributed by atoms with Crippen LogP contribution in [-0.2, 0) is 9.59 Å². The van der Waals surface area contributed by atoms with Gasteiger partial charge in [0.2, 0.25) is 0 Å². The van der Waals surface area contributed by atoms with E-state index in [1.807, 2.05) is 13.8 Å².